The fraction of sp³-hybridized carbons (Fsp3) is 0.529. The molecule has 1 aliphatic heterocycles. The molecular formula is C17H22FN3O2. The van der Waals surface area contributed by atoms with Crippen molar-refractivity contribution in [2.45, 2.75) is 50.6 Å². The highest BCUT2D eigenvalue weighted by Gasteiger charge is 2.35. The first-order valence-corrected chi connectivity index (χ1v) is 8.27. The first-order chi connectivity index (χ1) is 11.1. The van der Waals surface area contributed by atoms with Crippen LogP contribution in [0.25, 0.3) is 0 Å². The van der Waals surface area contributed by atoms with Gasteiger partial charge >= 0.3 is 6.03 Å². The molecule has 1 heterocycles. The Hall–Kier alpha value is -2.11. The molecule has 1 saturated carbocycles. The van der Waals surface area contributed by atoms with Crippen LogP contribution >= 0.6 is 0 Å². The normalized spacial score (nSPS) is 21.4. The van der Waals surface area contributed by atoms with Crippen molar-refractivity contribution < 1.29 is 14.0 Å². The number of carbonyl (C=O) groups is 2. The lowest BCUT2D eigenvalue weighted by atomic mass is 10.1. The van der Waals surface area contributed by atoms with Crippen LogP contribution in [0.1, 0.15) is 38.5 Å². The number of benzene rings is 1. The number of anilines is 1. The number of likely N-dealkylation sites (tertiary alicyclic amines) is 1. The highest BCUT2D eigenvalue weighted by atomic mass is 19.1. The number of halogens is 1. The van der Waals surface area contributed by atoms with E-state index in [0.717, 1.165) is 32.1 Å². The summed E-state index contributed by atoms with van der Waals surface area (Å²) >= 11 is 0. The molecule has 1 aliphatic carbocycles. The summed E-state index contributed by atoms with van der Waals surface area (Å²) in [6.07, 6.45) is 5.83. The number of amides is 3. The van der Waals surface area contributed by atoms with Gasteiger partial charge in [-0.05, 0) is 43.9 Å². The Morgan fingerprint density at radius 2 is 1.91 bits per heavy atom. The third-order valence-corrected chi connectivity index (χ3v) is 4.59. The van der Waals surface area contributed by atoms with Crippen LogP contribution in [0.2, 0.25) is 0 Å². The second-order valence-corrected chi connectivity index (χ2v) is 6.28. The minimum Gasteiger partial charge on any atom is -0.352 e. The molecule has 1 unspecified atom stereocenters. The summed E-state index contributed by atoms with van der Waals surface area (Å²) in [5.74, 6) is -0.469. The van der Waals surface area contributed by atoms with Crippen molar-refractivity contribution >= 4 is 17.6 Å². The molecule has 124 valence electrons. The summed E-state index contributed by atoms with van der Waals surface area (Å²) in [5.41, 5.74) is 0.400. The average Bonchev–Trinajstić information content (AvgIpc) is 3.18. The average molecular weight is 319 g/mol. The molecule has 2 fully saturated rings. The predicted molar refractivity (Wildman–Crippen MR) is 85.5 cm³/mol. The van der Waals surface area contributed by atoms with Gasteiger partial charge in [0.25, 0.3) is 0 Å². The summed E-state index contributed by atoms with van der Waals surface area (Å²) in [6, 6.07) is 5.23. The van der Waals surface area contributed by atoms with E-state index in [2.05, 4.69) is 10.6 Å². The van der Waals surface area contributed by atoms with Crippen molar-refractivity contribution in [3.63, 3.8) is 0 Å². The number of carbonyl (C=O) groups excluding carboxylic acids is 2. The highest BCUT2D eigenvalue weighted by Crippen LogP contribution is 2.22. The number of hydrogen-bond donors (Lipinski definition) is 2. The molecule has 3 rings (SSSR count). The number of hydrogen-bond acceptors (Lipinski definition) is 2. The topological polar surface area (TPSA) is 61.4 Å². The molecule has 6 heteroatoms. The lowest BCUT2D eigenvalue weighted by molar-refractivity contribution is -0.125. The van der Waals surface area contributed by atoms with Crippen LogP contribution in [0, 0.1) is 5.82 Å². The smallest absolute Gasteiger partial charge is 0.322 e. The lowest BCUT2D eigenvalue weighted by Gasteiger charge is -2.25. The first-order valence-electron chi connectivity index (χ1n) is 8.27. The Morgan fingerprint density at radius 1 is 1.13 bits per heavy atom. The zero-order valence-corrected chi connectivity index (χ0v) is 13.1. The molecule has 2 N–H and O–H groups in total. The number of rotatable bonds is 3. The molecule has 1 aromatic rings. The second kappa shape index (κ2) is 6.98. The molecule has 1 atom stereocenters. The van der Waals surface area contributed by atoms with Crippen LogP contribution in [-0.2, 0) is 4.79 Å². The quantitative estimate of drug-likeness (QED) is 0.900. The maximum absolute atomic E-state index is 13.2. The molecule has 0 bridgehead atoms. The Bertz CT molecular complexity index is 587. The van der Waals surface area contributed by atoms with Crippen LogP contribution in [0.3, 0.4) is 0 Å². The van der Waals surface area contributed by atoms with E-state index in [0.29, 0.717) is 18.7 Å². The van der Waals surface area contributed by atoms with Gasteiger partial charge < -0.3 is 15.5 Å². The zero-order valence-electron chi connectivity index (χ0n) is 13.1. The highest BCUT2D eigenvalue weighted by molar-refractivity contribution is 5.94. The molecule has 0 spiro atoms. The maximum atomic E-state index is 13.2. The molecule has 1 aromatic carbocycles. The van der Waals surface area contributed by atoms with E-state index in [1.165, 1.54) is 12.1 Å². The van der Waals surface area contributed by atoms with Gasteiger partial charge in [-0.3, -0.25) is 4.79 Å². The minimum atomic E-state index is -0.427. The Balaban J connectivity index is 1.61. The largest absolute Gasteiger partial charge is 0.352 e. The molecule has 5 nitrogen and oxygen atoms in total. The molecule has 0 radical (unpaired) electrons. The Morgan fingerprint density at radius 3 is 2.65 bits per heavy atom. The van der Waals surface area contributed by atoms with E-state index >= 15 is 0 Å². The van der Waals surface area contributed by atoms with Crippen molar-refractivity contribution in [1.29, 1.82) is 0 Å². The van der Waals surface area contributed by atoms with E-state index in [4.69, 9.17) is 0 Å². The fourth-order valence-electron chi connectivity index (χ4n) is 3.41. The molecule has 3 amide bonds. The SMILES string of the molecule is O=C(NC1CCCC1)C1CCCN1C(=O)Nc1cccc(F)c1. The number of urea groups is 1. The molecule has 23 heavy (non-hydrogen) atoms. The summed E-state index contributed by atoms with van der Waals surface area (Å²) in [7, 11) is 0. The van der Waals surface area contributed by atoms with Gasteiger partial charge in [0.15, 0.2) is 0 Å². The van der Waals surface area contributed by atoms with Gasteiger partial charge in [0, 0.05) is 18.3 Å². The van der Waals surface area contributed by atoms with Gasteiger partial charge in [0.1, 0.15) is 11.9 Å². The van der Waals surface area contributed by atoms with Gasteiger partial charge in [0.05, 0.1) is 0 Å². The molecular weight excluding hydrogens is 297 g/mol. The Labute approximate surface area is 135 Å². The Kier molecular flexibility index (Phi) is 4.79. The van der Waals surface area contributed by atoms with Crippen molar-refractivity contribution in [3.8, 4) is 0 Å². The number of nitrogens with zero attached hydrogens (tertiary/aromatic N) is 1. The van der Waals surface area contributed by atoms with E-state index < -0.39 is 11.9 Å². The lowest BCUT2D eigenvalue weighted by Crippen LogP contribution is -2.49. The van der Waals surface area contributed by atoms with Crippen LogP contribution in [0.5, 0.6) is 0 Å². The molecule has 2 aliphatic rings. The maximum Gasteiger partial charge on any atom is 0.322 e. The van der Waals surface area contributed by atoms with Crippen LogP contribution in [0.4, 0.5) is 14.9 Å². The van der Waals surface area contributed by atoms with E-state index in [1.54, 1.807) is 17.0 Å². The van der Waals surface area contributed by atoms with E-state index in [-0.39, 0.29) is 18.0 Å². The van der Waals surface area contributed by atoms with Crippen molar-refractivity contribution in [3.05, 3.63) is 30.1 Å². The van der Waals surface area contributed by atoms with Gasteiger partial charge in [-0.2, -0.15) is 0 Å². The van der Waals surface area contributed by atoms with Crippen molar-refractivity contribution in [1.82, 2.24) is 10.2 Å². The summed E-state index contributed by atoms with van der Waals surface area (Å²) < 4.78 is 13.2. The van der Waals surface area contributed by atoms with E-state index in [1.807, 2.05) is 0 Å². The van der Waals surface area contributed by atoms with Gasteiger partial charge in [-0.25, -0.2) is 9.18 Å². The van der Waals surface area contributed by atoms with Crippen molar-refractivity contribution in [2.75, 3.05) is 11.9 Å². The molecule has 1 saturated heterocycles. The van der Waals surface area contributed by atoms with Crippen LogP contribution in [-0.4, -0.2) is 35.5 Å². The van der Waals surface area contributed by atoms with Crippen LogP contribution < -0.4 is 10.6 Å². The van der Waals surface area contributed by atoms with Crippen LogP contribution in [0.15, 0.2) is 24.3 Å². The molecule has 0 aromatic heterocycles. The van der Waals surface area contributed by atoms with Gasteiger partial charge in [0.2, 0.25) is 5.91 Å². The summed E-state index contributed by atoms with van der Waals surface area (Å²) in [5, 5.41) is 5.73. The third-order valence-electron chi connectivity index (χ3n) is 4.59. The second-order valence-electron chi connectivity index (χ2n) is 6.28. The van der Waals surface area contributed by atoms with E-state index in [9.17, 15) is 14.0 Å². The predicted octanol–water partition coefficient (Wildman–Crippen LogP) is 2.88. The van der Waals surface area contributed by atoms with Crippen molar-refractivity contribution in [2.24, 2.45) is 0 Å². The summed E-state index contributed by atoms with van der Waals surface area (Å²) in [6.45, 7) is 0.546. The third kappa shape index (κ3) is 3.81. The van der Waals surface area contributed by atoms with Gasteiger partial charge in [-0.1, -0.05) is 18.9 Å². The monoisotopic (exact) mass is 319 g/mol. The standard InChI is InChI=1S/C17H22FN3O2/c18-12-5-3-8-14(11-12)20-17(23)21-10-4-9-15(21)16(22)19-13-6-1-2-7-13/h3,5,8,11,13,15H,1-2,4,6-7,9-10H2,(H,19,22)(H,20,23). The fourth-order valence-corrected chi connectivity index (χ4v) is 3.41. The zero-order chi connectivity index (χ0) is 16.2. The number of nitrogens with one attached hydrogen (secondary N) is 2. The summed E-state index contributed by atoms with van der Waals surface area (Å²) in [4.78, 5) is 26.4. The van der Waals surface area contributed by atoms with Gasteiger partial charge in [-0.15, -0.1) is 0 Å². The first kappa shape index (κ1) is 15.8. The minimum absolute atomic E-state index is 0.0659.